The molecule has 1 aliphatic heterocycles. The Morgan fingerprint density at radius 1 is 1.00 bits per heavy atom. The van der Waals surface area contributed by atoms with Crippen LogP contribution in [0.2, 0.25) is 0 Å². The Kier molecular flexibility index (Phi) is 4.40. The van der Waals surface area contributed by atoms with Crippen molar-refractivity contribution in [3.8, 4) is 22.4 Å². The van der Waals surface area contributed by atoms with E-state index in [0.717, 1.165) is 44.4 Å². The first-order valence-corrected chi connectivity index (χ1v) is 10.2. The van der Waals surface area contributed by atoms with Crippen molar-refractivity contribution in [3.05, 3.63) is 82.9 Å². The molecule has 0 atom stereocenters. The molecule has 5 nitrogen and oxygen atoms in total. The summed E-state index contributed by atoms with van der Waals surface area (Å²) in [7, 11) is 0. The Morgan fingerprint density at radius 3 is 2.55 bits per heavy atom. The van der Waals surface area contributed by atoms with Crippen molar-refractivity contribution >= 4 is 22.8 Å². The lowest BCUT2D eigenvalue weighted by atomic mass is 9.92. The van der Waals surface area contributed by atoms with E-state index in [9.17, 15) is 14.7 Å². The lowest BCUT2D eigenvalue weighted by molar-refractivity contribution is 0.0526. The van der Waals surface area contributed by atoms with Crippen LogP contribution in [0.4, 0.5) is 0 Å². The van der Waals surface area contributed by atoms with Crippen molar-refractivity contribution in [3.63, 3.8) is 0 Å². The average molecular weight is 411 g/mol. The molecule has 0 fully saturated rings. The Bertz CT molecular complexity index is 1380. The third-order valence-electron chi connectivity index (χ3n) is 5.94. The van der Waals surface area contributed by atoms with Crippen molar-refractivity contribution in [1.82, 2.24) is 4.57 Å². The van der Waals surface area contributed by atoms with Gasteiger partial charge in [0.15, 0.2) is 0 Å². The number of esters is 1. The SMILES string of the molecule is CCOC(=O)c1cc2cc(c1)-c1c(C)c3cc(C(=O)O)ccc3n1Cc1ccccc1-2. The molecule has 0 saturated carbocycles. The molecule has 0 radical (unpaired) electrons. The highest BCUT2D eigenvalue weighted by molar-refractivity contribution is 6.00. The van der Waals surface area contributed by atoms with Crippen LogP contribution < -0.4 is 0 Å². The standard InChI is InChI=1S/C26H21NO4/c1-3-31-26(30)20-11-18-10-19(12-20)24-15(2)22-13-16(25(28)29)8-9-23(22)27(24)14-17-6-4-5-7-21(17)18/h4-13H,3,14H2,1-2H3,(H,28,29). The fraction of sp³-hybridized carbons (Fsp3) is 0.154. The molecule has 5 rings (SSSR count). The monoisotopic (exact) mass is 411 g/mol. The summed E-state index contributed by atoms with van der Waals surface area (Å²) in [5.41, 5.74) is 7.81. The van der Waals surface area contributed by atoms with E-state index in [-0.39, 0.29) is 11.5 Å². The fourth-order valence-corrected chi connectivity index (χ4v) is 4.55. The van der Waals surface area contributed by atoms with Crippen molar-refractivity contribution in [2.75, 3.05) is 6.61 Å². The molecule has 0 aliphatic carbocycles. The number of carbonyl (C=O) groups is 2. The number of nitrogens with zero attached hydrogens (tertiary/aromatic N) is 1. The maximum atomic E-state index is 12.6. The van der Waals surface area contributed by atoms with Crippen LogP contribution in [0.5, 0.6) is 0 Å². The van der Waals surface area contributed by atoms with Gasteiger partial charge in [0, 0.05) is 17.4 Å². The molecule has 0 saturated heterocycles. The first-order chi connectivity index (χ1) is 15.0. The van der Waals surface area contributed by atoms with E-state index in [0.29, 0.717) is 18.7 Å². The number of carboxylic acids is 1. The smallest absolute Gasteiger partial charge is 0.338 e. The second kappa shape index (κ2) is 7.13. The lowest BCUT2D eigenvalue weighted by Crippen LogP contribution is -2.09. The number of carboxylic acid groups (broad SMARTS) is 1. The third-order valence-corrected chi connectivity index (χ3v) is 5.94. The maximum Gasteiger partial charge on any atom is 0.338 e. The van der Waals surface area contributed by atoms with Crippen LogP contribution in [0.3, 0.4) is 0 Å². The van der Waals surface area contributed by atoms with E-state index < -0.39 is 5.97 Å². The predicted molar refractivity (Wildman–Crippen MR) is 120 cm³/mol. The lowest BCUT2D eigenvalue weighted by Gasteiger charge is -2.20. The number of benzene rings is 3. The van der Waals surface area contributed by atoms with E-state index >= 15 is 0 Å². The molecule has 0 amide bonds. The van der Waals surface area contributed by atoms with Crippen LogP contribution in [0.15, 0.2) is 60.7 Å². The number of hydrogen-bond donors (Lipinski definition) is 1. The predicted octanol–water partition coefficient (Wildman–Crippen LogP) is 5.52. The van der Waals surface area contributed by atoms with Crippen molar-refractivity contribution < 1.29 is 19.4 Å². The average Bonchev–Trinajstić information content (AvgIpc) is 3.04. The molecule has 31 heavy (non-hydrogen) atoms. The largest absolute Gasteiger partial charge is 0.478 e. The number of hydrogen-bond acceptors (Lipinski definition) is 3. The van der Waals surface area contributed by atoms with Gasteiger partial charge in [-0.1, -0.05) is 24.3 Å². The van der Waals surface area contributed by atoms with E-state index in [1.54, 1.807) is 19.1 Å². The van der Waals surface area contributed by atoms with Crippen molar-refractivity contribution in [2.24, 2.45) is 0 Å². The fourth-order valence-electron chi connectivity index (χ4n) is 4.55. The van der Waals surface area contributed by atoms with Gasteiger partial charge in [0.2, 0.25) is 0 Å². The second-order valence-electron chi connectivity index (χ2n) is 7.77. The van der Waals surface area contributed by atoms with Gasteiger partial charge in [0.05, 0.1) is 23.4 Å². The molecule has 154 valence electrons. The summed E-state index contributed by atoms with van der Waals surface area (Å²) in [5.74, 6) is -1.30. The normalized spacial score (nSPS) is 11.9. The van der Waals surface area contributed by atoms with Gasteiger partial charge in [-0.15, -0.1) is 0 Å². The van der Waals surface area contributed by atoms with Crippen LogP contribution in [0, 0.1) is 6.92 Å². The molecule has 4 aromatic rings. The molecule has 0 unspecified atom stereocenters. The molecule has 1 N–H and O–H groups in total. The van der Waals surface area contributed by atoms with E-state index in [4.69, 9.17) is 4.74 Å². The zero-order valence-corrected chi connectivity index (χ0v) is 17.3. The van der Waals surface area contributed by atoms with Gasteiger partial charge in [0.25, 0.3) is 0 Å². The summed E-state index contributed by atoms with van der Waals surface area (Å²) in [6.45, 7) is 4.76. The van der Waals surface area contributed by atoms with Crippen LogP contribution in [-0.4, -0.2) is 28.2 Å². The Morgan fingerprint density at radius 2 is 1.77 bits per heavy atom. The molecule has 5 heteroatoms. The van der Waals surface area contributed by atoms with Gasteiger partial charge < -0.3 is 14.4 Å². The first kappa shape index (κ1) is 19.1. The van der Waals surface area contributed by atoms with Gasteiger partial charge in [-0.05, 0) is 78.1 Å². The van der Waals surface area contributed by atoms with Crippen LogP contribution >= 0.6 is 0 Å². The van der Waals surface area contributed by atoms with Crippen molar-refractivity contribution in [2.45, 2.75) is 20.4 Å². The minimum absolute atomic E-state index is 0.260. The molecule has 0 spiro atoms. The first-order valence-electron chi connectivity index (χ1n) is 10.2. The van der Waals surface area contributed by atoms with E-state index in [2.05, 4.69) is 22.8 Å². The summed E-state index contributed by atoms with van der Waals surface area (Å²) in [4.78, 5) is 24.1. The van der Waals surface area contributed by atoms with Crippen LogP contribution in [0.1, 0.15) is 38.8 Å². The molecule has 1 aliphatic rings. The molecule has 3 aromatic carbocycles. The molecule has 2 heterocycles. The van der Waals surface area contributed by atoms with Gasteiger partial charge in [-0.25, -0.2) is 9.59 Å². The zero-order chi connectivity index (χ0) is 21.7. The zero-order valence-electron chi connectivity index (χ0n) is 17.3. The van der Waals surface area contributed by atoms with Crippen LogP contribution in [-0.2, 0) is 11.3 Å². The summed E-state index contributed by atoms with van der Waals surface area (Å²) < 4.78 is 7.49. The summed E-state index contributed by atoms with van der Waals surface area (Å²) in [6, 6.07) is 19.3. The molecule has 1 aromatic heterocycles. The molecule has 2 bridgehead atoms. The van der Waals surface area contributed by atoms with E-state index in [1.165, 1.54) is 0 Å². The number of fused-ring (bicyclic) bond motifs is 8. The summed E-state index contributed by atoms with van der Waals surface area (Å²) in [5, 5.41) is 10.4. The van der Waals surface area contributed by atoms with Gasteiger partial charge in [0.1, 0.15) is 0 Å². The highest BCUT2D eigenvalue weighted by Gasteiger charge is 2.23. The van der Waals surface area contributed by atoms with Crippen molar-refractivity contribution in [1.29, 1.82) is 0 Å². The molecular weight excluding hydrogens is 390 g/mol. The van der Waals surface area contributed by atoms with E-state index in [1.807, 2.05) is 37.3 Å². The highest BCUT2D eigenvalue weighted by atomic mass is 16.5. The number of ether oxygens (including phenoxy) is 1. The summed E-state index contributed by atoms with van der Waals surface area (Å²) >= 11 is 0. The number of aryl methyl sites for hydroxylation is 1. The quantitative estimate of drug-likeness (QED) is 0.397. The van der Waals surface area contributed by atoms with Gasteiger partial charge in [-0.2, -0.15) is 0 Å². The number of rotatable bonds is 3. The van der Waals surface area contributed by atoms with Gasteiger partial charge in [-0.3, -0.25) is 0 Å². The summed E-state index contributed by atoms with van der Waals surface area (Å²) in [6.07, 6.45) is 0. The highest BCUT2D eigenvalue weighted by Crippen LogP contribution is 2.40. The number of aromatic carboxylic acids is 1. The van der Waals surface area contributed by atoms with Gasteiger partial charge >= 0.3 is 11.9 Å². The minimum Gasteiger partial charge on any atom is -0.478 e. The third kappa shape index (κ3) is 3.01. The maximum absolute atomic E-state index is 12.6. The minimum atomic E-state index is -0.947. The van der Waals surface area contributed by atoms with Crippen LogP contribution in [0.25, 0.3) is 33.3 Å². The number of carbonyl (C=O) groups excluding carboxylic acids is 1. The number of aromatic nitrogens is 1. The topological polar surface area (TPSA) is 68.5 Å². The Labute approximate surface area is 179 Å². The molecular formula is C26H21NO4. The Hall–Kier alpha value is -3.86. The second-order valence-corrected chi connectivity index (χ2v) is 7.77. The Balaban J connectivity index is 1.86.